The summed E-state index contributed by atoms with van der Waals surface area (Å²) in [5, 5.41) is 5.98. The Morgan fingerprint density at radius 2 is 1.94 bits per heavy atom. The minimum absolute atomic E-state index is 0.318. The summed E-state index contributed by atoms with van der Waals surface area (Å²) in [6, 6.07) is 6.12. The normalized spacial score (nSPS) is 11.6. The lowest BCUT2D eigenvalue weighted by molar-refractivity contribution is -0.137. The van der Waals surface area contributed by atoms with Crippen LogP contribution in [0.4, 0.5) is 13.2 Å². The second-order valence-corrected chi connectivity index (χ2v) is 3.84. The van der Waals surface area contributed by atoms with Crippen LogP contribution in [0.3, 0.4) is 0 Å². The van der Waals surface area contributed by atoms with Gasteiger partial charge in [-0.15, -0.1) is 0 Å². The number of H-pyrrole nitrogens is 1. The summed E-state index contributed by atoms with van der Waals surface area (Å²) < 4.78 is 37.7. The number of aromatic amines is 1. The number of nitrogens with zero attached hydrogens (tertiary/aromatic N) is 1. The van der Waals surface area contributed by atoms with Crippen LogP contribution in [0.25, 0.3) is 11.3 Å². The van der Waals surface area contributed by atoms with Gasteiger partial charge < -0.3 is 0 Å². The molecule has 0 unspecified atom stereocenters. The number of hydrogen-bond acceptors (Lipinski definition) is 2. The quantitative estimate of drug-likeness (QED) is 0.850. The van der Waals surface area contributed by atoms with Crippen molar-refractivity contribution >= 4 is 0 Å². The van der Waals surface area contributed by atoms with Gasteiger partial charge in [-0.1, -0.05) is 12.1 Å². The molecule has 2 aromatic rings. The third kappa shape index (κ3) is 2.42. The highest BCUT2D eigenvalue weighted by atomic mass is 19.4. The van der Waals surface area contributed by atoms with E-state index in [0.717, 1.165) is 12.1 Å². The highest BCUT2D eigenvalue weighted by molar-refractivity contribution is 5.63. The van der Waals surface area contributed by atoms with E-state index in [-0.39, 0.29) is 5.56 Å². The number of nitrogens with one attached hydrogen (secondary N) is 1. The van der Waals surface area contributed by atoms with E-state index in [2.05, 4.69) is 10.2 Å². The topological polar surface area (TPSA) is 45.8 Å². The second kappa shape index (κ2) is 4.29. The van der Waals surface area contributed by atoms with E-state index < -0.39 is 11.7 Å². The van der Waals surface area contributed by atoms with Crippen molar-refractivity contribution in [3.8, 4) is 11.3 Å². The molecule has 0 amide bonds. The van der Waals surface area contributed by atoms with Gasteiger partial charge in [0.1, 0.15) is 0 Å². The Bertz CT molecular complexity index is 632. The van der Waals surface area contributed by atoms with E-state index in [1.165, 1.54) is 18.2 Å². The smallest absolute Gasteiger partial charge is 0.268 e. The zero-order chi connectivity index (χ0) is 13.3. The Morgan fingerprint density at radius 1 is 1.22 bits per heavy atom. The third-order valence-electron chi connectivity index (χ3n) is 2.46. The Balaban J connectivity index is 2.55. The number of hydrogen-bond donors (Lipinski definition) is 1. The van der Waals surface area contributed by atoms with Crippen LogP contribution in [0.5, 0.6) is 0 Å². The monoisotopic (exact) mass is 254 g/mol. The molecule has 0 aliphatic rings. The fourth-order valence-electron chi connectivity index (χ4n) is 1.63. The molecule has 1 aromatic carbocycles. The molecule has 0 aliphatic heterocycles. The lowest BCUT2D eigenvalue weighted by Crippen LogP contribution is -2.09. The van der Waals surface area contributed by atoms with Crippen molar-refractivity contribution in [1.82, 2.24) is 10.2 Å². The van der Waals surface area contributed by atoms with Crippen LogP contribution >= 0.6 is 0 Å². The SMILES string of the molecule is Cc1cc(=O)[nH]nc1-c1cccc(C(F)(F)F)c1. The van der Waals surface area contributed by atoms with Crippen molar-refractivity contribution in [3.05, 3.63) is 51.8 Å². The predicted octanol–water partition coefficient (Wildman–Crippen LogP) is 2.76. The molecule has 18 heavy (non-hydrogen) atoms. The minimum atomic E-state index is -4.40. The molecule has 1 N–H and O–H groups in total. The van der Waals surface area contributed by atoms with Crippen LogP contribution in [0, 0.1) is 6.92 Å². The lowest BCUT2D eigenvalue weighted by Gasteiger charge is -2.09. The maximum Gasteiger partial charge on any atom is 0.416 e. The van der Waals surface area contributed by atoms with Crippen LogP contribution in [-0.4, -0.2) is 10.2 Å². The Hall–Kier alpha value is -2.11. The van der Waals surface area contributed by atoms with Gasteiger partial charge in [-0.2, -0.15) is 18.3 Å². The van der Waals surface area contributed by atoms with Crippen LogP contribution in [-0.2, 0) is 6.18 Å². The summed E-state index contributed by atoms with van der Waals surface area (Å²) in [7, 11) is 0. The maximum absolute atomic E-state index is 12.6. The molecular formula is C12H9F3N2O. The first kappa shape index (κ1) is 12.3. The third-order valence-corrected chi connectivity index (χ3v) is 2.46. The van der Waals surface area contributed by atoms with Crippen molar-refractivity contribution in [2.45, 2.75) is 13.1 Å². The zero-order valence-corrected chi connectivity index (χ0v) is 9.38. The van der Waals surface area contributed by atoms with Gasteiger partial charge in [0.25, 0.3) is 5.56 Å². The molecular weight excluding hydrogens is 245 g/mol. The first-order valence-corrected chi connectivity index (χ1v) is 5.12. The van der Waals surface area contributed by atoms with Gasteiger partial charge >= 0.3 is 6.18 Å². The minimum Gasteiger partial charge on any atom is -0.268 e. The average Bonchev–Trinajstić information content (AvgIpc) is 2.28. The lowest BCUT2D eigenvalue weighted by atomic mass is 10.0. The fraction of sp³-hybridized carbons (Fsp3) is 0.167. The maximum atomic E-state index is 12.6. The van der Waals surface area contributed by atoms with Crippen LogP contribution in [0.2, 0.25) is 0 Å². The van der Waals surface area contributed by atoms with Gasteiger partial charge in [-0.05, 0) is 24.6 Å². The summed E-state index contributed by atoms with van der Waals surface area (Å²) in [6.45, 7) is 1.62. The van der Waals surface area contributed by atoms with Crippen molar-refractivity contribution < 1.29 is 13.2 Å². The number of aryl methyl sites for hydroxylation is 1. The highest BCUT2D eigenvalue weighted by Gasteiger charge is 2.30. The summed E-state index contributed by atoms with van der Waals surface area (Å²) in [5.74, 6) is 0. The van der Waals surface area contributed by atoms with Crippen LogP contribution in [0.1, 0.15) is 11.1 Å². The molecule has 0 bridgehead atoms. The largest absolute Gasteiger partial charge is 0.416 e. The van der Waals surface area contributed by atoms with E-state index in [4.69, 9.17) is 0 Å². The molecule has 94 valence electrons. The first-order chi connectivity index (χ1) is 8.38. The fourth-order valence-corrected chi connectivity index (χ4v) is 1.63. The number of benzene rings is 1. The molecule has 0 saturated carbocycles. The zero-order valence-electron chi connectivity index (χ0n) is 9.38. The molecule has 0 atom stereocenters. The molecule has 2 rings (SSSR count). The number of alkyl halides is 3. The molecule has 1 aromatic heterocycles. The summed E-state index contributed by atoms with van der Waals surface area (Å²) in [6.07, 6.45) is -4.40. The van der Waals surface area contributed by atoms with Crippen molar-refractivity contribution in [2.24, 2.45) is 0 Å². The average molecular weight is 254 g/mol. The van der Waals surface area contributed by atoms with E-state index >= 15 is 0 Å². The van der Waals surface area contributed by atoms with Gasteiger partial charge in [0.05, 0.1) is 11.3 Å². The van der Waals surface area contributed by atoms with Crippen LogP contribution in [0.15, 0.2) is 35.1 Å². The van der Waals surface area contributed by atoms with Gasteiger partial charge in [-0.25, -0.2) is 5.10 Å². The van der Waals surface area contributed by atoms with Gasteiger partial charge in [-0.3, -0.25) is 4.79 Å². The molecule has 6 heteroatoms. The summed E-state index contributed by atoms with van der Waals surface area (Å²) in [5.41, 5.74) is 0.0491. The van der Waals surface area contributed by atoms with E-state index in [1.54, 1.807) is 6.92 Å². The molecule has 0 fully saturated rings. The second-order valence-electron chi connectivity index (χ2n) is 3.84. The first-order valence-electron chi connectivity index (χ1n) is 5.12. The molecule has 3 nitrogen and oxygen atoms in total. The predicted molar refractivity (Wildman–Crippen MR) is 60.0 cm³/mol. The van der Waals surface area contributed by atoms with E-state index in [9.17, 15) is 18.0 Å². The van der Waals surface area contributed by atoms with Crippen molar-refractivity contribution in [3.63, 3.8) is 0 Å². The van der Waals surface area contributed by atoms with Gasteiger partial charge in [0.2, 0.25) is 0 Å². The van der Waals surface area contributed by atoms with Gasteiger partial charge in [0.15, 0.2) is 0 Å². The molecule has 0 spiro atoms. The highest BCUT2D eigenvalue weighted by Crippen LogP contribution is 2.31. The Morgan fingerprint density at radius 3 is 2.56 bits per heavy atom. The Labute approximate surface area is 100 Å². The molecule has 0 aliphatic carbocycles. The van der Waals surface area contributed by atoms with E-state index in [1.807, 2.05) is 0 Å². The van der Waals surface area contributed by atoms with Crippen LogP contribution < -0.4 is 5.56 Å². The number of halogens is 3. The molecule has 1 heterocycles. The van der Waals surface area contributed by atoms with Crippen molar-refractivity contribution in [1.29, 1.82) is 0 Å². The standard InChI is InChI=1S/C12H9F3N2O/c1-7-5-10(18)16-17-11(7)8-3-2-4-9(6-8)12(13,14)15/h2-6H,1H3,(H,16,18). The molecule has 0 saturated heterocycles. The Kier molecular flexibility index (Phi) is 2.94. The molecule has 0 radical (unpaired) electrons. The summed E-state index contributed by atoms with van der Waals surface area (Å²) in [4.78, 5) is 11.0. The van der Waals surface area contributed by atoms with E-state index in [0.29, 0.717) is 16.8 Å². The number of aromatic nitrogens is 2. The summed E-state index contributed by atoms with van der Waals surface area (Å²) >= 11 is 0. The van der Waals surface area contributed by atoms with Crippen molar-refractivity contribution in [2.75, 3.05) is 0 Å². The van der Waals surface area contributed by atoms with Gasteiger partial charge in [0, 0.05) is 11.6 Å². The number of rotatable bonds is 1.